The van der Waals surface area contributed by atoms with Gasteiger partial charge in [0.2, 0.25) is 0 Å². The van der Waals surface area contributed by atoms with E-state index in [-0.39, 0.29) is 12.2 Å². The molecule has 1 atom stereocenters. The lowest BCUT2D eigenvalue weighted by Crippen LogP contribution is -2.40. The maximum absolute atomic E-state index is 11.7. The Hall–Kier alpha value is -2.69. The van der Waals surface area contributed by atoms with Crippen molar-refractivity contribution in [2.24, 2.45) is 7.05 Å². The van der Waals surface area contributed by atoms with Crippen LogP contribution in [0, 0.1) is 11.3 Å². The summed E-state index contributed by atoms with van der Waals surface area (Å²) in [5.74, 6) is 0.620. The molecule has 3 rings (SSSR count). The molecule has 0 radical (unpaired) electrons. The summed E-state index contributed by atoms with van der Waals surface area (Å²) in [6, 6.07) is 10.4. The maximum Gasteiger partial charge on any atom is 0.266 e. The highest BCUT2D eigenvalue weighted by atomic mass is 16.5. The molecule has 1 aromatic heterocycles. The summed E-state index contributed by atoms with van der Waals surface area (Å²) in [6.07, 6.45) is 0.115. The molecule has 130 valence electrons. The lowest BCUT2D eigenvalue weighted by atomic mass is 10.1. The first-order valence-corrected chi connectivity index (χ1v) is 8.14. The first kappa shape index (κ1) is 17.1. The molecule has 1 aliphatic heterocycles. The van der Waals surface area contributed by atoms with Crippen LogP contribution >= 0.6 is 0 Å². The van der Waals surface area contributed by atoms with E-state index in [0.717, 1.165) is 24.2 Å². The van der Waals surface area contributed by atoms with Gasteiger partial charge in [0.05, 0.1) is 17.3 Å². The predicted molar refractivity (Wildman–Crippen MR) is 91.1 cm³/mol. The number of hydrogen-bond donors (Lipinski definition) is 1. The number of β-amino-alcohol motifs (C(OH)–C–C–N with tert-alkyl or cyclic N) is 1. The highest BCUT2D eigenvalue weighted by Crippen LogP contribution is 2.16. The monoisotopic (exact) mass is 340 g/mol. The number of aliphatic hydroxyl groups is 1. The van der Waals surface area contributed by atoms with Gasteiger partial charge < -0.3 is 9.84 Å². The molecule has 7 nitrogen and oxygen atoms in total. The van der Waals surface area contributed by atoms with Gasteiger partial charge in [-0.3, -0.25) is 9.69 Å². The van der Waals surface area contributed by atoms with Crippen LogP contribution in [0.3, 0.4) is 0 Å². The molecule has 2 aromatic rings. The SMILES string of the molecule is Cn1nc2c(cc1=O)CN(CC(O)COc1ccc(C#N)cc1)CC2. The van der Waals surface area contributed by atoms with E-state index in [4.69, 9.17) is 10.00 Å². The number of ether oxygens (including phenoxy) is 1. The molecule has 1 unspecified atom stereocenters. The molecular formula is C18H20N4O3. The van der Waals surface area contributed by atoms with Crippen molar-refractivity contribution in [1.29, 1.82) is 5.26 Å². The Morgan fingerprint density at radius 1 is 1.40 bits per heavy atom. The van der Waals surface area contributed by atoms with Crippen molar-refractivity contribution in [2.75, 3.05) is 19.7 Å². The molecule has 0 aliphatic carbocycles. The summed E-state index contributed by atoms with van der Waals surface area (Å²) in [7, 11) is 1.65. The highest BCUT2D eigenvalue weighted by Gasteiger charge is 2.21. The Balaban J connectivity index is 1.53. The van der Waals surface area contributed by atoms with Crippen LogP contribution in [-0.2, 0) is 20.0 Å². The van der Waals surface area contributed by atoms with E-state index < -0.39 is 6.10 Å². The zero-order chi connectivity index (χ0) is 17.8. The van der Waals surface area contributed by atoms with E-state index in [9.17, 15) is 9.90 Å². The molecular weight excluding hydrogens is 320 g/mol. The summed E-state index contributed by atoms with van der Waals surface area (Å²) >= 11 is 0. The molecule has 7 heteroatoms. The molecule has 2 heterocycles. The molecule has 0 amide bonds. The largest absolute Gasteiger partial charge is 0.491 e. The normalized spacial score (nSPS) is 15.2. The number of fused-ring (bicyclic) bond motifs is 1. The number of benzene rings is 1. The van der Waals surface area contributed by atoms with Gasteiger partial charge in [0, 0.05) is 39.2 Å². The summed E-state index contributed by atoms with van der Waals surface area (Å²) in [4.78, 5) is 13.8. The molecule has 0 spiro atoms. The Kier molecular flexibility index (Phi) is 5.12. The summed E-state index contributed by atoms with van der Waals surface area (Å²) < 4.78 is 6.92. The lowest BCUT2D eigenvalue weighted by Gasteiger charge is -2.29. The minimum Gasteiger partial charge on any atom is -0.491 e. The van der Waals surface area contributed by atoms with Crippen LogP contribution < -0.4 is 10.3 Å². The van der Waals surface area contributed by atoms with Gasteiger partial charge in [-0.2, -0.15) is 10.4 Å². The molecule has 1 aliphatic rings. The van der Waals surface area contributed by atoms with Crippen LogP contribution in [0.5, 0.6) is 5.75 Å². The van der Waals surface area contributed by atoms with Gasteiger partial charge in [-0.25, -0.2) is 4.68 Å². The minimum atomic E-state index is -0.642. The van der Waals surface area contributed by atoms with E-state index in [2.05, 4.69) is 10.00 Å². The molecule has 0 fully saturated rings. The number of hydrogen-bond acceptors (Lipinski definition) is 6. The predicted octanol–water partition coefficient (Wildman–Crippen LogP) is 0.450. The maximum atomic E-state index is 11.7. The molecule has 0 bridgehead atoms. The van der Waals surface area contributed by atoms with Gasteiger partial charge in [-0.15, -0.1) is 0 Å². The zero-order valence-corrected chi connectivity index (χ0v) is 14.1. The fourth-order valence-electron chi connectivity index (χ4n) is 2.88. The van der Waals surface area contributed by atoms with Crippen LogP contribution in [-0.4, -0.2) is 45.6 Å². The van der Waals surface area contributed by atoms with Crippen molar-refractivity contribution in [3.63, 3.8) is 0 Å². The Labute approximate surface area is 145 Å². The molecule has 1 N–H and O–H groups in total. The number of rotatable bonds is 5. The smallest absolute Gasteiger partial charge is 0.266 e. The van der Waals surface area contributed by atoms with Gasteiger partial charge in [-0.1, -0.05) is 0 Å². The zero-order valence-electron chi connectivity index (χ0n) is 14.1. The van der Waals surface area contributed by atoms with E-state index in [0.29, 0.717) is 24.4 Å². The van der Waals surface area contributed by atoms with Crippen molar-refractivity contribution in [3.05, 3.63) is 57.5 Å². The van der Waals surface area contributed by atoms with Crippen molar-refractivity contribution in [3.8, 4) is 11.8 Å². The van der Waals surface area contributed by atoms with Gasteiger partial charge in [-0.05, 0) is 29.8 Å². The fourth-order valence-corrected chi connectivity index (χ4v) is 2.88. The van der Waals surface area contributed by atoms with Gasteiger partial charge >= 0.3 is 0 Å². The topological polar surface area (TPSA) is 91.4 Å². The number of aromatic nitrogens is 2. The number of aryl methyl sites for hydroxylation is 1. The average molecular weight is 340 g/mol. The molecule has 25 heavy (non-hydrogen) atoms. The summed E-state index contributed by atoms with van der Waals surface area (Å²) in [5.41, 5.74) is 2.32. The van der Waals surface area contributed by atoms with Crippen LogP contribution in [0.1, 0.15) is 16.8 Å². The Morgan fingerprint density at radius 3 is 2.88 bits per heavy atom. The fraction of sp³-hybridized carbons (Fsp3) is 0.389. The molecule has 1 aromatic carbocycles. The summed E-state index contributed by atoms with van der Waals surface area (Å²) in [6.45, 7) is 2.02. The summed E-state index contributed by atoms with van der Waals surface area (Å²) in [5, 5.41) is 23.3. The standard InChI is InChI=1S/C18H20N4O3/c1-21-18(24)8-14-10-22(7-6-17(14)20-21)11-15(23)12-25-16-4-2-13(9-19)3-5-16/h2-5,8,15,23H,6-7,10-12H2,1H3. The van der Waals surface area contributed by atoms with Crippen LogP contribution in [0.15, 0.2) is 35.1 Å². The third kappa shape index (κ3) is 4.24. The number of aliphatic hydroxyl groups excluding tert-OH is 1. The lowest BCUT2D eigenvalue weighted by molar-refractivity contribution is 0.0633. The Morgan fingerprint density at radius 2 is 2.16 bits per heavy atom. The van der Waals surface area contributed by atoms with Crippen LogP contribution in [0.2, 0.25) is 0 Å². The average Bonchev–Trinajstić information content (AvgIpc) is 2.61. The second kappa shape index (κ2) is 7.47. The van der Waals surface area contributed by atoms with Gasteiger partial charge in [0.15, 0.2) is 0 Å². The van der Waals surface area contributed by atoms with Crippen molar-refractivity contribution < 1.29 is 9.84 Å². The van der Waals surface area contributed by atoms with Crippen LogP contribution in [0.25, 0.3) is 0 Å². The van der Waals surface area contributed by atoms with E-state index in [1.807, 2.05) is 6.07 Å². The van der Waals surface area contributed by atoms with Gasteiger partial charge in [0.25, 0.3) is 5.56 Å². The third-order valence-corrected chi connectivity index (χ3v) is 4.21. The first-order chi connectivity index (χ1) is 12.0. The van der Waals surface area contributed by atoms with Crippen molar-refractivity contribution in [2.45, 2.75) is 19.1 Å². The van der Waals surface area contributed by atoms with E-state index in [1.165, 1.54) is 4.68 Å². The Bertz CT molecular complexity index is 839. The van der Waals surface area contributed by atoms with Crippen LogP contribution in [0.4, 0.5) is 0 Å². The molecule has 0 saturated heterocycles. The van der Waals surface area contributed by atoms with E-state index >= 15 is 0 Å². The number of nitriles is 1. The highest BCUT2D eigenvalue weighted by molar-refractivity contribution is 5.34. The molecule has 0 saturated carbocycles. The van der Waals surface area contributed by atoms with E-state index in [1.54, 1.807) is 37.4 Å². The van der Waals surface area contributed by atoms with Gasteiger partial charge in [0.1, 0.15) is 18.5 Å². The van der Waals surface area contributed by atoms with Crippen molar-refractivity contribution >= 4 is 0 Å². The number of nitrogens with zero attached hydrogens (tertiary/aromatic N) is 4. The second-order valence-electron chi connectivity index (χ2n) is 6.16. The minimum absolute atomic E-state index is 0.120. The third-order valence-electron chi connectivity index (χ3n) is 4.21. The second-order valence-corrected chi connectivity index (χ2v) is 6.16. The first-order valence-electron chi connectivity index (χ1n) is 8.14. The quantitative estimate of drug-likeness (QED) is 0.850. The van der Waals surface area contributed by atoms with Crippen molar-refractivity contribution in [1.82, 2.24) is 14.7 Å².